The van der Waals surface area contributed by atoms with Gasteiger partial charge < -0.3 is 4.42 Å². The van der Waals surface area contributed by atoms with Gasteiger partial charge in [-0.15, -0.1) is 0 Å². The molecule has 2 aromatic heterocycles. The zero-order valence-electron chi connectivity index (χ0n) is 9.77. The Kier molecular flexibility index (Phi) is 2.18. The highest BCUT2D eigenvalue weighted by Crippen LogP contribution is 2.27. The third kappa shape index (κ3) is 1.60. The van der Waals surface area contributed by atoms with Crippen LogP contribution in [0.1, 0.15) is 11.1 Å². The first-order valence-corrected chi connectivity index (χ1v) is 5.53. The van der Waals surface area contributed by atoms with Gasteiger partial charge in [0.2, 0.25) is 5.89 Å². The van der Waals surface area contributed by atoms with Crippen molar-refractivity contribution in [1.82, 2.24) is 9.97 Å². The molecule has 0 N–H and O–H groups in total. The summed E-state index contributed by atoms with van der Waals surface area (Å²) in [4.78, 5) is 8.54. The van der Waals surface area contributed by atoms with Gasteiger partial charge in [0.1, 0.15) is 5.52 Å². The van der Waals surface area contributed by atoms with Crippen LogP contribution in [-0.2, 0) is 0 Å². The van der Waals surface area contributed by atoms with Crippen LogP contribution in [0.2, 0.25) is 0 Å². The molecular weight excluding hydrogens is 212 g/mol. The average Bonchev–Trinajstić information content (AvgIpc) is 2.81. The Morgan fingerprint density at radius 3 is 2.35 bits per heavy atom. The molecule has 3 rings (SSSR count). The number of aryl methyl sites for hydroxylation is 2. The van der Waals surface area contributed by atoms with E-state index in [4.69, 9.17) is 4.42 Å². The summed E-state index contributed by atoms with van der Waals surface area (Å²) >= 11 is 0. The van der Waals surface area contributed by atoms with Crippen LogP contribution in [0.15, 0.2) is 41.1 Å². The minimum absolute atomic E-state index is 0.653. The summed E-state index contributed by atoms with van der Waals surface area (Å²) in [6.07, 6.45) is 3.48. The molecule has 0 saturated carbocycles. The number of benzene rings is 1. The number of pyridine rings is 1. The Morgan fingerprint density at radius 2 is 1.65 bits per heavy atom. The van der Waals surface area contributed by atoms with E-state index >= 15 is 0 Å². The van der Waals surface area contributed by atoms with Crippen molar-refractivity contribution >= 4 is 11.1 Å². The van der Waals surface area contributed by atoms with Crippen LogP contribution in [0.4, 0.5) is 0 Å². The normalized spacial score (nSPS) is 10.9. The molecule has 0 aliphatic rings. The first-order valence-electron chi connectivity index (χ1n) is 5.53. The van der Waals surface area contributed by atoms with E-state index in [9.17, 15) is 0 Å². The van der Waals surface area contributed by atoms with Gasteiger partial charge in [0.15, 0.2) is 5.58 Å². The van der Waals surface area contributed by atoms with E-state index in [1.54, 1.807) is 12.4 Å². The van der Waals surface area contributed by atoms with E-state index in [0.717, 1.165) is 27.8 Å². The Hall–Kier alpha value is -2.16. The monoisotopic (exact) mass is 224 g/mol. The second kappa shape index (κ2) is 3.70. The van der Waals surface area contributed by atoms with Crippen LogP contribution in [0, 0.1) is 13.8 Å². The van der Waals surface area contributed by atoms with Crippen molar-refractivity contribution in [2.24, 2.45) is 0 Å². The molecule has 0 amide bonds. The molecule has 3 aromatic rings. The SMILES string of the molecule is Cc1ccc(C)c2oc(-c3ccncc3)nc12. The van der Waals surface area contributed by atoms with Gasteiger partial charge >= 0.3 is 0 Å². The maximum Gasteiger partial charge on any atom is 0.227 e. The number of fused-ring (bicyclic) bond motifs is 1. The summed E-state index contributed by atoms with van der Waals surface area (Å²) in [7, 11) is 0. The molecule has 0 unspecified atom stereocenters. The van der Waals surface area contributed by atoms with E-state index < -0.39 is 0 Å². The number of aromatic nitrogens is 2. The van der Waals surface area contributed by atoms with E-state index in [-0.39, 0.29) is 0 Å². The Bertz CT molecular complexity index is 632. The van der Waals surface area contributed by atoms with E-state index in [2.05, 4.69) is 22.1 Å². The lowest BCUT2D eigenvalue weighted by atomic mass is 10.1. The van der Waals surface area contributed by atoms with Gasteiger partial charge in [-0.25, -0.2) is 4.98 Å². The van der Waals surface area contributed by atoms with Gasteiger partial charge in [0.25, 0.3) is 0 Å². The van der Waals surface area contributed by atoms with Crippen molar-refractivity contribution in [3.63, 3.8) is 0 Å². The number of oxazole rings is 1. The van der Waals surface area contributed by atoms with Crippen LogP contribution in [0.5, 0.6) is 0 Å². The summed E-state index contributed by atoms with van der Waals surface area (Å²) in [6.45, 7) is 4.07. The first-order chi connectivity index (χ1) is 8.25. The summed E-state index contributed by atoms with van der Waals surface area (Å²) in [5, 5.41) is 0. The number of hydrogen-bond donors (Lipinski definition) is 0. The fourth-order valence-corrected chi connectivity index (χ4v) is 1.88. The predicted octanol–water partition coefficient (Wildman–Crippen LogP) is 3.51. The number of hydrogen-bond acceptors (Lipinski definition) is 3. The first kappa shape index (κ1) is 10.0. The predicted molar refractivity (Wildman–Crippen MR) is 66.7 cm³/mol. The van der Waals surface area contributed by atoms with Crippen molar-refractivity contribution in [3.05, 3.63) is 47.8 Å². The molecule has 0 atom stereocenters. The van der Waals surface area contributed by atoms with Gasteiger partial charge in [-0.05, 0) is 37.1 Å². The van der Waals surface area contributed by atoms with E-state index in [0.29, 0.717) is 5.89 Å². The van der Waals surface area contributed by atoms with E-state index in [1.807, 2.05) is 26.0 Å². The standard InChI is InChI=1S/C14H12N2O/c1-9-3-4-10(2)13-12(9)16-14(17-13)11-5-7-15-8-6-11/h3-8H,1-2H3. The molecule has 0 spiro atoms. The van der Waals surface area contributed by atoms with Gasteiger partial charge in [-0.3, -0.25) is 4.98 Å². The van der Waals surface area contributed by atoms with Crippen molar-refractivity contribution in [2.45, 2.75) is 13.8 Å². The smallest absolute Gasteiger partial charge is 0.227 e. The highest BCUT2D eigenvalue weighted by atomic mass is 16.3. The van der Waals surface area contributed by atoms with Gasteiger partial charge in [0, 0.05) is 18.0 Å². The fraction of sp³-hybridized carbons (Fsp3) is 0.143. The Balaban J connectivity index is 2.27. The van der Waals surface area contributed by atoms with Gasteiger partial charge in [-0.1, -0.05) is 12.1 Å². The van der Waals surface area contributed by atoms with Crippen LogP contribution < -0.4 is 0 Å². The molecule has 0 aliphatic heterocycles. The largest absolute Gasteiger partial charge is 0.436 e. The molecule has 1 aromatic carbocycles. The van der Waals surface area contributed by atoms with Crippen LogP contribution in [0.25, 0.3) is 22.6 Å². The molecule has 0 fully saturated rings. The molecule has 3 heteroatoms. The molecular formula is C14H12N2O. The zero-order chi connectivity index (χ0) is 11.8. The Labute approximate surface area is 99.1 Å². The highest BCUT2D eigenvalue weighted by Gasteiger charge is 2.11. The highest BCUT2D eigenvalue weighted by molar-refractivity contribution is 5.82. The van der Waals surface area contributed by atoms with Gasteiger partial charge in [-0.2, -0.15) is 0 Å². The summed E-state index contributed by atoms with van der Waals surface area (Å²) < 4.78 is 5.83. The average molecular weight is 224 g/mol. The van der Waals surface area contributed by atoms with Crippen molar-refractivity contribution in [2.75, 3.05) is 0 Å². The summed E-state index contributed by atoms with van der Waals surface area (Å²) in [6, 6.07) is 7.92. The molecule has 3 nitrogen and oxygen atoms in total. The minimum Gasteiger partial charge on any atom is -0.436 e. The zero-order valence-corrected chi connectivity index (χ0v) is 9.77. The van der Waals surface area contributed by atoms with E-state index in [1.165, 1.54) is 0 Å². The lowest BCUT2D eigenvalue weighted by molar-refractivity contribution is 0.617. The van der Waals surface area contributed by atoms with Crippen molar-refractivity contribution in [3.8, 4) is 11.5 Å². The lowest BCUT2D eigenvalue weighted by Crippen LogP contribution is -1.79. The maximum absolute atomic E-state index is 5.83. The molecule has 0 saturated heterocycles. The van der Waals surface area contributed by atoms with Crippen LogP contribution in [0.3, 0.4) is 0 Å². The molecule has 0 radical (unpaired) electrons. The number of rotatable bonds is 1. The van der Waals surface area contributed by atoms with Crippen LogP contribution >= 0.6 is 0 Å². The lowest BCUT2D eigenvalue weighted by Gasteiger charge is -1.95. The molecule has 84 valence electrons. The summed E-state index contributed by atoms with van der Waals surface area (Å²) in [5.41, 5.74) is 5.01. The molecule has 0 aliphatic carbocycles. The molecule has 17 heavy (non-hydrogen) atoms. The molecule has 2 heterocycles. The topological polar surface area (TPSA) is 38.9 Å². The minimum atomic E-state index is 0.653. The Morgan fingerprint density at radius 1 is 0.941 bits per heavy atom. The fourth-order valence-electron chi connectivity index (χ4n) is 1.88. The molecule has 0 bridgehead atoms. The third-order valence-electron chi connectivity index (χ3n) is 2.87. The maximum atomic E-state index is 5.83. The number of nitrogens with zero attached hydrogens (tertiary/aromatic N) is 2. The quantitative estimate of drug-likeness (QED) is 0.635. The third-order valence-corrected chi connectivity index (χ3v) is 2.87. The second-order valence-corrected chi connectivity index (χ2v) is 4.13. The van der Waals surface area contributed by atoms with Gasteiger partial charge in [0.05, 0.1) is 0 Å². The summed E-state index contributed by atoms with van der Waals surface area (Å²) in [5.74, 6) is 0.653. The van der Waals surface area contributed by atoms with Crippen molar-refractivity contribution in [1.29, 1.82) is 0 Å². The van der Waals surface area contributed by atoms with Crippen molar-refractivity contribution < 1.29 is 4.42 Å². The second-order valence-electron chi connectivity index (χ2n) is 4.13. The van der Waals surface area contributed by atoms with Crippen LogP contribution in [-0.4, -0.2) is 9.97 Å².